The minimum absolute atomic E-state index is 0.0431. The number of ether oxygens (including phenoxy) is 3. The number of fused-ring (bicyclic) bond motifs is 2. The van der Waals surface area contributed by atoms with Gasteiger partial charge in [0.2, 0.25) is 0 Å². The van der Waals surface area contributed by atoms with Gasteiger partial charge in [-0.25, -0.2) is 0 Å². The van der Waals surface area contributed by atoms with Crippen LogP contribution in [0.5, 0.6) is 5.75 Å². The molecule has 2 saturated heterocycles. The Balaban J connectivity index is 1.27. The molecule has 3 aliphatic heterocycles. The lowest BCUT2D eigenvalue weighted by atomic mass is 9.82. The lowest BCUT2D eigenvalue weighted by molar-refractivity contribution is -0.274. The number of carbonyl (C=O) groups excluding carboxylic acids is 2. The standard InChI is InChI=1S/C34H45N5O11Si/c1-18-30(51(3,4)47)25(10-12-38-17-21(11-13-40)36-37-38)50-34(18)23-15-22(48-2)8-9-24(23)39(33(34)46)16-19-6-5-7-20(14-19)35-31(44)29-27(42)26(41)28(43)32(45)49-29/h5-9,14-15,17-18,25-30,32,40-43,45,47H,10-13,16H2,1-4H3,(H,35,44)/t18-,25+,26-,27-,28+,29-,30-,32+,34+/m0/s1. The Hall–Kier alpha value is -3.78. The van der Waals surface area contributed by atoms with Crippen molar-refractivity contribution in [2.45, 2.75) is 93.9 Å². The lowest BCUT2D eigenvalue weighted by Gasteiger charge is -2.37. The number of aliphatic hydroxyl groups excluding tert-OH is 5. The van der Waals surface area contributed by atoms with Crippen LogP contribution < -0.4 is 15.0 Å². The molecule has 6 rings (SSSR count). The Bertz CT molecular complexity index is 1750. The van der Waals surface area contributed by atoms with Gasteiger partial charge in [0, 0.05) is 48.5 Å². The second kappa shape index (κ2) is 14.3. The Morgan fingerprint density at radius 1 is 1.10 bits per heavy atom. The van der Waals surface area contributed by atoms with Gasteiger partial charge in [-0.3, -0.25) is 14.3 Å². The molecule has 0 unspecified atom stereocenters. The maximum atomic E-state index is 14.8. The first-order valence-corrected chi connectivity index (χ1v) is 19.9. The van der Waals surface area contributed by atoms with Crippen LogP contribution in [0.3, 0.4) is 0 Å². The van der Waals surface area contributed by atoms with E-state index in [4.69, 9.17) is 14.2 Å². The van der Waals surface area contributed by atoms with E-state index in [1.165, 1.54) is 0 Å². The van der Waals surface area contributed by atoms with Crippen LogP contribution >= 0.6 is 0 Å². The van der Waals surface area contributed by atoms with Crippen molar-refractivity contribution < 1.29 is 54.1 Å². The summed E-state index contributed by atoms with van der Waals surface area (Å²) >= 11 is 0. The number of rotatable bonds is 11. The summed E-state index contributed by atoms with van der Waals surface area (Å²) in [5.74, 6) is -1.03. The van der Waals surface area contributed by atoms with Crippen molar-refractivity contribution in [3.05, 3.63) is 65.5 Å². The van der Waals surface area contributed by atoms with Crippen LogP contribution in [0.15, 0.2) is 48.7 Å². The molecule has 1 aromatic heterocycles. The number of aryl methyl sites for hydroxylation is 1. The molecule has 0 bridgehead atoms. The van der Waals surface area contributed by atoms with Crippen LogP contribution in [0.4, 0.5) is 11.4 Å². The molecule has 276 valence electrons. The van der Waals surface area contributed by atoms with Gasteiger partial charge >= 0.3 is 0 Å². The lowest BCUT2D eigenvalue weighted by Crippen LogP contribution is -2.60. The zero-order chi connectivity index (χ0) is 36.8. The third kappa shape index (κ3) is 6.81. The topological polar surface area (TPSA) is 229 Å². The highest BCUT2D eigenvalue weighted by atomic mass is 28.4. The maximum Gasteiger partial charge on any atom is 0.264 e. The van der Waals surface area contributed by atoms with E-state index in [9.17, 15) is 39.9 Å². The molecular weight excluding hydrogens is 682 g/mol. The van der Waals surface area contributed by atoms with Gasteiger partial charge in [0.25, 0.3) is 11.8 Å². The van der Waals surface area contributed by atoms with E-state index in [-0.39, 0.29) is 24.6 Å². The van der Waals surface area contributed by atoms with E-state index in [0.717, 1.165) is 0 Å². The minimum Gasteiger partial charge on any atom is -0.497 e. The predicted octanol–water partition coefficient (Wildman–Crippen LogP) is -0.00520. The van der Waals surface area contributed by atoms with Gasteiger partial charge < -0.3 is 54.8 Å². The molecule has 3 aromatic rings. The van der Waals surface area contributed by atoms with Crippen LogP contribution in [0.1, 0.15) is 30.2 Å². The van der Waals surface area contributed by atoms with E-state index in [1.54, 1.807) is 65.4 Å². The van der Waals surface area contributed by atoms with Crippen molar-refractivity contribution in [2.24, 2.45) is 5.92 Å². The molecule has 7 N–H and O–H groups in total. The Morgan fingerprint density at radius 3 is 2.57 bits per heavy atom. The summed E-state index contributed by atoms with van der Waals surface area (Å²) in [6.45, 7) is 6.12. The van der Waals surface area contributed by atoms with Crippen LogP contribution in [0.2, 0.25) is 18.6 Å². The molecule has 0 saturated carbocycles. The monoisotopic (exact) mass is 727 g/mol. The summed E-state index contributed by atoms with van der Waals surface area (Å²) < 4.78 is 19.2. The van der Waals surface area contributed by atoms with E-state index >= 15 is 0 Å². The van der Waals surface area contributed by atoms with Crippen LogP contribution in [-0.4, -0.2) is 116 Å². The number of carbonyl (C=O) groups is 2. The first kappa shape index (κ1) is 37.0. The quantitative estimate of drug-likeness (QED) is 0.129. The summed E-state index contributed by atoms with van der Waals surface area (Å²) in [4.78, 5) is 41.1. The number of hydrogen-bond acceptors (Lipinski definition) is 13. The van der Waals surface area contributed by atoms with Gasteiger partial charge in [-0.2, -0.15) is 0 Å². The fourth-order valence-electron chi connectivity index (χ4n) is 7.77. The molecule has 51 heavy (non-hydrogen) atoms. The zero-order valence-electron chi connectivity index (χ0n) is 28.8. The Morgan fingerprint density at radius 2 is 1.86 bits per heavy atom. The summed E-state index contributed by atoms with van der Waals surface area (Å²) in [5, 5.41) is 60.1. The van der Waals surface area contributed by atoms with E-state index < -0.39 is 62.6 Å². The van der Waals surface area contributed by atoms with Crippen LogP contribution in [0.25, 0.3) is 0 Å². The molecule has 2 fully saturated rings. The molecule has 3 aliphatic rings. The second-order valence-corrected chi connectivity index (χ2v) is 18.0. The number of nitrogens with zero attached hydrogens (tertiary/aromatic N) is 4. The van der Waals surface area contributed by atoms with E-state index in [0.29, 0.717) is 53.3 Å². The van der Waals surface area contributed by atoms with Gasteiger partial charge in [0.15, 0.2) is 26.3 Å². The van der Waals surface area contributed by atoms with Gasteiger partial charge in [-0.15, -0.1) is 5.10 Å². The molecule has 17 heteroatoms. The first-order valence-electron chi connectivity index (χ1n) is 16.9. The summed E-state index contributed by atoms with van der Waals surface area (Å²) in [6.07, 6.45) is -6.78. The third-order valence-corrected chi connectivity index (χ3v) is 12.7. The van der Waals surface area contributed by atoms with Crippen molar-refractivity contribution >= 4 is 31.5 Å². The van der Waals surface area contributed by atoms with E-state index in [2.05, 4.69) is 15.6 Å². The molecule has 2 aromatic carbocycles. The van der Waals surface area contributed by atoms with Gasteiger partial charge in [0.05, 0.1) is 31.1 Å². The van der Waals surface area contributed by atoms with Gasteiger partial charge in [-0.1, -0.05) is 24.3 Å². The Kier molecular flexibility index (Phi) is 10.4. The zero-order valence-corrected chi connectivity index (χ0v) is 29.8. The van der Waals surface area contributed by atoms with Crippen molar-refractivity contribution in [3.8, 4) is 5.75 Å². The average Bonchev–Trinajstić information content (AvgIpc) is 3.74. The summed E-state index contributed by atoms with van der Waals surface area (Å²) in [7, 11) is -1.39. The highest BCUT2D eigenvalue weighted by Crippen LogP contribution is 2.60. The second-order valence-electron chi connectivity index (χ2n) is 14.0. The molecular formula is C34H45N5O11Si. The number of methoxy groups -OCH3 is 1. The number of amides is 2. The summed E-state index contributed by atoms with van der Waals surface area (Å²) in [5.41, 5.74) is 1.09. The highest BCUT2D eigenvalue weighted by molar-refractivity contribution is 6.71. The number of nitrogens with one attached hydrogen (secondary N) is 1. The number of benzene rings is 2. The minimum atomic E-state index is -2.93. The van der Waals surface area contributed by atoms with E-state index in [1.807, 2.05) is 20.0 Å². The average molecular weight is 728 g/mol. The molecule has 0 aliphatic carbocycles. The number of aromatic nitrogens is 3. The molecule has 0 radical (unpaired) electrons. The predicted molar refractivity (Wildman–Crippen MR) is 183 cm³/mol. The van der Waals surface area contributed by atoms with Crippen molar-refractivity contribution in [1.82, 2.24) is 15.0 Å². The molecule has 1 spiro atoms. The highest BCUT2D eigenvalue weighted by Gasteiger charge is 2.66. The van der Waals surface area contributed by atoms with Crippen molar-refractivity contribution in [2.75, 3.05) is 23.9 Å². The maximum absolute atomic E-state index is 14.8. The number of hydrogen-bond donors (Lipinski definition) is 7. The first-order chi connectivity index (χ1) is 24.2. The fraction of sp³-hybridized carbons (Fsp3) is 0.529. The van der Waals surface area contributed by atoms with Gasteiger partial charge in [0.1, 0.15) is 24.1 Å². The number of anilines is 2. The fourth-order valence-corrected chi connectivity index (χ4v) is 10.4. The largest absolute Gasteiger partial charge is 0.497 e. The van der Waals surface area contributed by atoms with Crippen LogP contribution in [-0.2, 0) is 44.2 Å². The van der Waals surface area contributed by atoms with Crippen LogP contribution in [0, 0.1) is 5.92 Å². The SMILES string of the molecule is COc1ccc2c(c1)[C@@]1(O[C@H](CCn3cc(CCO)nn3)[C@@H]([Si](C)(C)O)[C@@H]1C)C(=O)N2Cc1cccc(NC(=O)[C@H]2O[C@@H](O)[C@H](O)[C@@H](O)[C@@H]2O)c1. The van der Waals surface area contributed by atoms with Crippen molar-refractivity contribution in [3.63, 3.8) is 0 Å². The molecule has 4 heterocycles. The normalized spacial score (nSPS) is 30.5. The smallest absolute Gasteiger partial charge is 0.264 e. The van der Waals surface area contributed by atoms with Crippen molar-refractivity contribution in [1.29, 1.82) is 0 Å². The molecule has 9 atom stereocenters. The summed E-state index contributed by atoms with van der Waals surface area (Å²) in [6, 6.07) is 12.1. The number of aliphatic hydroxyl groups is 5. The molecule has 2 amide bonds. The molecule has 16 nitrogen and oxygen atoms in total. The van der Waals surface area contributed by atoms with Gasteiger partial charge in [-0.05, 0) is 55.4 Å². The third-order valence-electron chi connectivity index (χ3n) is 10.2. The Labute approximate surface area is 295 Å².